The largest absolute Gasteiger partial charge is 0.393 e. The summed E-state index contributed by atoms with van der Waals surface area (Å²) in [5.74, 6) is 7.25. The number of amides is 1. The van der Waals surface area contributed by atoms with Crippen LogP contribution in [0.2, 0.25) is 0 Å². The molecule has 8 aliphatic carbocycles. The van der Waals surface area contributed by atoms with Gasteiger partial charge >= 0.3 is 0 Å². The zero-order valence-corrected chi connectivity index (χ0v) is 42.5. The molecule has 8 aliphatic rings. The van der Waals surface area contributed by atoms with Gasteiger partial charge in [0.05, 0.1) is 24.1 Å². The van der Waals surface area contributed by atoms with Crippen molar-refractivity contribution < 1.29 is 37.9 Å². The zero-order valence-electron chi connectivity index (χ0n) is 41.7. The van der Waals surface area contributed by atoms with Crippen LogP contribution in [0.1, 0.15) is 202 Å². The highest BCUT2D eigenvalue weighted by Crippen LogP contribution is 2.71. The van der Waals surface area contributed by atoms with Crippen LogP contribution in [0.5, 0.6) is 0 Å². The molecule has 0 saturated heterocycles. The molecule has 0 spiro atoms. The molecule has 0 aliphatic heterocycles. The highest BCUT2D eigenvalue weighted by molar-refractivity contribution is 7.85. The minimum Gasteiger partial charge on any atom is -0.393 e. The van der Waals surface area contributed by atoms with Crippen LogP contribution in [-0.2, 0) is 19.7 Å². The van der Waals surface area contributed by atoms with Gasteiger partial charge in [0.1, 0.15) is 5.78 Å². The highest BCUT2D eigenvalue weighted by atomic mass is 32.2. The van der Waals surface area contributed by atoms with Gasteiger partial charge in [-0.1, -0.05) is 60.8 Å². The maximum atomic E-state index is 13.5. The molecule has 0 bridgehead atoms. The van der Waals surface area contributed by atoms with E-state index in [9.17, 15) is 33.3 Å². The quantitative estimate of drug-likeness (QED) is 0.0712. The number of fused-ring (bicyclic) bond motifs is 10. The molecule has 8 rings (SSSR count). The first kappa shape index (κ1) is 50.3. The van der Waals surface area contributed by atoms with Crippen LogP contribution < -0.4 is 5.32 Å². The Hall–Kier alpha value is -1.07. The molecule has 1 amide bonds. The van der Waals surface area contributed by atoms with E-state index >= 15 is 0 Å². The summed E-state index contributed by atoms with van der Waals surface area (Å²) >= 11 is 0. The van der Waals surface area contributed by atoms with Crippen molar-refractivity contribution in [3.63, 3.8) is 0 Å². The molecule has 0 aromatic carbocycles. The predicted octanol–water partition coefficient (Wildman–Crippen LogP) is 10.6. The predicted molar refractivity (Wildman–Crippen MR) is 257 cm³/mol. The van der Waals surface area contributed by atoms with Gasteiger partial charge in [-0.3, -0.25) is 14.1 Å². The molecule has 20 atom stereocenters. The van der Waals surface area contributed by atoms with Crippen molar-refractivity contribution in [2.45, 2.75) is 220 Å². The minimum absolute atomic E-state index is 0.0600. The second-order valence-corrected chi connectivity index (χ2v) is 27.5. The maximum Gasteiger partial charge on any atom is 0.266 e. The fraction of sp³-hybridized carbons (Fsp3) is 0.964. The standard InChI is InChI=1S/C55H93NO8S/c1-34(42-16-18-45-51-47(23-27-55(42,45)6)53(4)25-21-41(59)32-38(53)33-48(51)60)12-14-39(57)11-9-7-8-10-36-30-37-31-40(58)20-24-52(37,3)46-22-26-54(5)43(15-17-44(54)50(36)46)35(2)13-19-49(61)56-28-29-65(62,63)64/h34-38,40-48,50-51,58-60H,7-33H2,1-6H3,(H,56,61)(H,62,63,64)/t34-,35+,36-,37?,38?,40+,41-,42-,43+,44?,45?,46-,47+,48+,50-,51+,52-,53+,54+,55-/m1/s1. The van der Waals surface area contributed by atoms with E-state index in [4.69, 9.17) is 4.55 Å². The van der Waals surface area contributed by atoms with Crippen molar-refractivity contribution in [1.29, 1.82) is 0 Å². The smallest absolute Gasteiger partial charge is 0.266 e. The number of carbonyl (C=O) groups is 2. The van der Waals surface area contributed by atoms with Gasteiger partial charge in [0.25, 0.3) is 10.1 Å². The van der Waals surface area contributed by atoms with Crippen LogP contribution in [0.25, 0.3) is 0 Å². The molecule has 5 N–H and O–H groups in total. The Balaban J connectivity index is 0.819. The average Bonchev–Trinajstić information content (AvgIpc) is 3.79. The number of aliphatic hydroxyl groups is 3. The molecule has 0 aromatic heterocycles. The first-order chi connectivity index (χ1) is 30.7. The SMILES string of the molecule is C[C@H](CCC(=O)CCCCC[C@@H]1CC2C[C@@H](O)CC[C@@]2(C)[C@@H]2CC[C@]3(C)C(CC[C@H]3[C@@H](C)CCC(=O)NCCS(=O)(=O)O)[C@@H]12)[C@H]1CCC2[C@@H]3[C@@H](O)CC4C[C@H](O)CC[C@]4(C)[C@H]3CC[C@@]21C. The Morgan fingerprint density at radius 1 is 0.600 bits per heavy atom. The van der Waals surface area contributed by atoms with Crippen LogP contribution in [-0.4, -0.2) is 70.6 Å². The number of carbonyl (C=O) groups excluding carboxylic acids is 2. The van der Waals surface area contributed by atoms with Crippen molar-refractivity contribution in [3.8, 4) is 0 Å². The summed E-state index contributed by atoms with van der Waals surface area (Å²) in [5, 5.41) is 35.8. The number of rotatable bonds is 17. The molecule has 10 heteroatoms. The van der Waals surface area contributed by atoms with Gasteiger partial charge in [-0.15, -0.1) is 0 Å². The Kier molecular flexibility index (Phi) is 15.2. The third-order valence-corrected chi connectivity index (χ3v) is 23.6. The zero-order chi connectivity index (χ0) is 46.7. The number of unbranched alkanes of at least 4 members (excludes halogenated alkanes) is 2. The van der Waals surface area contributed by atoms with Gasteiger partial charge in [0.2, 0.25) is 5.91 Å². The number of nitrogens with one attached hydrogen (secondary N) is 1. The van der Waals surface area contributed by atoms with E-state index in [1.165, 1.54) is 70.6 Å². The molecule has 8 saturated carbocycles. The van der Waals surface area contributed by atoms with Crippen molar-refractivity contribution in [2.75, 3.05) is 12.3 Å². The van der Waals surface area contributed by atoms with Crippen LogP contribution in [0.4, 0.5) is 0 Å². The monoisotopic (exact) mass is 928 g/mol. The molecule has 0 aromatic rings. The summed E-state index contributed by atoms with van der Waals surface area (Å²) in [6.45, 7) is 14.9. The first-order valence-corrected chi connectivity index (χ1v) is 29.1. The second-order valence-electron chi connectivity index (χ2n) is 25.9. The van der Waals surface area contributed by atoms with E-state index in [1.54, 1.807) is 0 Å². The van der Waals surface area contributed by atoms with Gasteiger partial charge in [-0.05, 0) is 221 Å². The lowest BCUT2D eigenvalue weighted by atomic mass is 9.42. The van der Waals surface area contributed by atoms with Crippen molar-refractivity contribution in [1.82, 2.24) is 5.32 Å². The summed E-state index contributed by atoms with van der Waals surface area (Å²) in [6.07, 6.45) is 25.3. The topological polar surface area (TPSA) is 161 Å². The average molecular weight is 928 g/mol. The van der Waals surface area contributed by atoms with Gasteiger partial charge < -0.3 is 20.6 Å². The van der Waals surface area contributed by atoms with E-state index in [0.29, 0.717) is 107 Å². The molecule has 4 unspecified atom stereocenters. The Bertz CT molecular complexity index is 1790. The van der Waals surface area contributed by atoms with Crippen molar-refractivity contribution in [2.24, 2.45) is 98.6 Å². The Labute approximate surface area is 394 Å². The maximum absolute atomic E-state index is 13.5. The van der Waals surface area contributed by atoms with Crippen molar-refractivity contribution >= 4 is 21.8 Å². The van der Waals surface area contributed by atoms with Crippen LogP contribution >= 0.6 is 0 Å². The van der Waals surface area contributed by atoms with E-state index in [2.05, 4.69) is 46.9 Å². The minimum atomic E-state index is -4.10. The molecule has 8 fully saturated rings. The first-order valence-electron chi connectivity index (χ1n) is 27.5. The Morgan fingerprint density at radius 2 is 1.11 bits per heavy atom. The number of Topliss-reactive ketones (excluding diaryl/α,β-unsaturated/α-hetero) is 1. The summed E-state index contributed by atoms with van der Waals surface area (Å²) in [6, 6.07) is 0. The fourth-order valence-corrected chi connectivity index (χ4v) is 19.8. The number of ketones is 1. The second kappa shape index (κ2) is 19.6. The molecular formula is C55H93NO8S. The van der Waals surface area contributed by atoms with Crippen LogP contribution in [0.3, 0.4) is 0 Å². The molecule has 372 valence electrons. The molecular weight excluding hydrogens is 835 g/mol. The lowest BCUT2D eigenvalue weighted by Crippen LogP contribution is -2.58. The summed E-state index contributed by atoms with van der Waals surface area (Å²) in [4.78, 5) is 26.1. The number of hydrogen-bond donors (Lipinski definition) is 5. The van der Waals surface area contributed by atoms with Crippen LogP contribution in [0.15, 0.2) is 0 Å². The van der Waals surface area contributed by atoms with Gasteiger partial charge in [-0.25, -0.2) is 0 Å². The summed E-state index contributed by atoms with van der Waals surface area (Å²) in [5.41, 5.74) is 1.04. The Morgan fingerprint density at radius 3 is 1.69 bits per heavy atom. The summed E-state index contributed by atoms with van der Waals surface area (Å²) in [7, 11) is -4.10. The molecule has 0 radical (unpaired) electrons. The number of aliphatic hydroxyl groups excluding tert-OH is 3. The molecule has 0 heterocycles. The van der Waals surface area contributed by atoms with Gasteiger partial charge in [-0.2, -0.15) is 8.42 Å². The van der Waals surface area contributed by atoms with E-state index < -0.39 is 15.9 Å². The highest BCUT2D eigenvalue weighted by Gasteiger charge is 2.64. The lowest BCUT2D eigenvalue weighted by molar-refractivity contribution is -0.174. The van der Waals surface area contributed by atoms with E-state index in [0.717, 1.165) is 70.6 Å². The molecule has 9 nitrogen and oxygen atoms in total. The van der Waals surface area contributed by atoms with E-state index in [1.807, 2.05) is 0 Å². The normalized spacial score (nSPS) is 46.7. The third kappa shape index (κ3) is 9.86. The third-order valence-electron chi connectivity index (χ3n) is 22.9. The van der Waals surface area contributed by atoms with Crippen molar-refractivity contribution in [3.05, 3.63) is 0 Å². The lowest BCUT2D eigenvalue weighted by Gasteiger charge is -2.63. The van der Waals surface area contributed by atoms with E-state index in [-0.39, 0.29) is 47.0 Å². The van der Waals surface area contributed by atoms with Crippen LogP contribution in [0, 0.1) is 98.6 Å². The molecule has 65 heavy (non-hydrogen) atoms. The summed E-state index contributed by atoms with van der Waals surface area (Å²) < 4.78 is 31.3. The fourth-order valence-electron chi connectivity index (χ4n) is 19.4. The number of hydrogen-bond acceptors (Lipinski definition) is 7. The van der Waals surface area contributed by atoms with Gasteiger partial charge in [0, 0.05) is 25.8 Å². The van der Waals surface area contributed by atoms with Gasteiger partial charge in [0.15, 0.2) is 0 Å².